The largest absolute Gasteiger partial charge is 0.382 e. The molecule has 0 atom stereocenters. The van der Waals surface area contributed by atoms with Crippen LogP contribution in [-0.4, -0.2) is 22.2 Å². The molecule has 3 rings (SSSR count). The zero-order valence-corrected chi connectivity index (χ0v) is 16.3. The van der Waals surface area contributed by atoms with E-state index in [1.165, 1.54) is 16.8 Å². The van der Waals surface area contributed by atoms with E-state index in [1.807, 2.05) is 12.1 Å². The van der Waals surface area contributed by atoms with E-state index < -0.39 is 0 Å². The van der Waals surface area contributed by atoms with Gasteiger partial charge in [-0.05, 0) is 54.8 Å². The molecule has 0 unspecified atom stereocenters. The molecule has 0 aliphatic rings. The van der Waals surface area contributed by atoms with Gasteiger partial charge in [-0.15, -0.1) is 0 Å². The molecular weight excluding hydrogens is 393 g/mol. The number of aromatic nitrogens is 2. The summed E-state index contributed by atoms with van der Waals surface area (Å²) in [6.45, 7) is 0.445. The minimum atomic E-state index is -0.366. The summed E-state index contributed by atoms with van der Waals surface area (Å²) in [7, 11) is 0. The van der Waals surface area contributed by atoms with Crippen molar-refractivity contribution in [3.8, 4) is 11.8 Å². The van der Waals surface area contributed by atoms with Gasteiger partial charge < -0.3 is 11.1 Å². The Hall–Kier alpha value is -3.37. The number of benzene rings is 2. The van der Waals surface area contributed by atoms with Gasteiger partial charge in [-0.1, -0.05) is 23.7 Å². The molecule has 1 amide bonds. The summed E-state index contributed by atoms with van der Waals surface area (Å²) in [4.78, 5) is 12.0. The Bertz CT molecular complexity index is 1040. The topological polar surface area (TPSA) is 96.7 Å². The van der Waals surface area contributed by atoms with Crippen LogP contribution in [0.1, 0.15) is 23.2 Å². The van der Waals surface area contributed by atoms with E-state index in [1.54, 1.807) is 24.3 Å². The molecule has 0 saturated carbocycles. The van der Waals surface area contributed by atoms with E-state index in [0.717, 1.165) is 5.56 Å². The highest BCUT2D eigenvalue weighted by atomic mass is 35.5. The summed E-state index contributed by atoms with van der Waals surface area (Å²) < 4.78 is 14.5. The summed E-state index contributed by atoms with van der Waals surface area (Å²) >= 11 is 5.84. The Labute approximate surface area is 172 Å². The number of nitrogens with zero attached hydrogens (tertiary/aromatic N) is 3. The van der Waals surface area contributed by atoms with Gasteiger partial charge in [0.2, 0.25) is 5.91 Å². The first-order valence-electron chi connectivity index (χ1n) is 9.02. The van der Waals surface area contributed by atoms with Crippen molar-refractivity contribution in [3.05, 3.63) is 76.2 Å². The summed E-state index contributed by atoms with van der Waals surface area (Å²) in [5, 5.41) is 17.3. The zero-order valence-electron chi connectivity index (χ0n) is 15.5. The smallest absolute Gasteiger partial charge is 0.224 e. The van der Waals surface area contributed by atoms with Crippen LogP contribution in [0.15, 0.2) is 48.5 Å². The van der Waals surface area contributed by atoms with E-state index >= 15 is 0 Å². The Morgan fingerprint density at radius 1 is 1.21 bits per heavy atom. The van der Waals surface area contributed by atoms with Crippen LogP contribution in [0, 0.1) is 17.1 Å². The molecule has 8 heteroatoms. The number of halogens is 2. The first-order chi connectivity index (χ1) is 14.0. The average molecular weight is 412 g/mol. The van der Waals surface area contributed by atoms with Gasteiger partial charge in [0.1, 0.15) is 23.3 Å². The molecule has 3 aromatic rings. The number of nitrogens with two attached hydrogens (primary N) is 1. The second-order valence-electron chi connectivity index (χ2n) is 6.46. The first-order valence-corrected chi connectivity index (χ1v) is 9.40. The van der Waals surface area contributed by atoms with Gasteiger partial charge >= 0.3 is 0 Å². The molecule has 6 nitrogen and oxygen atoms in total. The van der Waals surface area contributed by atoms with Crippen LogP contribution >= 0.6 is 11.6 Å². The third-order valence-corrected chi connectivity index (χ3v) is 4.62. The number of aryl methyl sites for hydroxylation is 1. The van der Waals surface area contributed by atoms with Crippen molar-refractivity contribution in [1.29, 1.82) is 5.26 Å². The van der Waals surface area contributed by atoms with Crippen LogP contribution < -0.4 is 11.1 Å². The fourth-order valence-electron chi connectivity index (χ4n) is 2.89. The SMILES string of the molecule is N#Cc1c(CCCNC(=O)Cc2ccc(Cl)cc2)nn(-c2ccc(F)cc2)c1N. The number of rotatable bonds is 7. The predicted molar refractivity (Wildman–Crippen MR) is 109 cm³/mol. The molecular formula is C21H19ClFN5O. The number of carbonyl (C=O) groups excluding carboxylic acids is 1. The minimum Gasteiger partial charge on any atom is -0.382 e. The number of hydrogen-bond acceptors (Lipinski definition) is 4. The summed E-state index contributed by atoms with van der Waals surface area (Å²) in [6, 6.07) is 14.9. The molecule has 148 valence electrons. The van der Waals surface area contributed by atoms with Gasteiger partial charge in [0.15, 0.2) is 0 Å². The van der Waals surface area contributed by atoms with Crippen LogP contribution in [0.2, 0.25) is 5.02 Å². The Morgan fingerprint density at radius 3 is 2.55 bits per heavy atom. The van der Waals surface area contributed by atoms with Crippen molar-refractivity contribution < 1.29 is 9.18 Å². The molecule has 3 N–H and O–H groups in total. The normalized spacial score (nSPS) is 10.5. The third kappa shape index (κ3) is 5.12. The summed E-state index contributed by atoms with van der Waals surface area (Å²) in [5.74, 6) is -0.250. The summed E-state index contributed by atoms with van der Waals surface area (Å²) in [5.41, 5.74) is 8.33. The quantitative estimate of drug-likeness (QED) is 0.582. The molecule has 0 aliphatic carbocycles. The Kier molecular flexibility index (Phi) is 6.47. The highest BCUT2D eigenvalue weighted by Crippen LogP contribution is 2.21. The number of anilines is 1. The van der Waals surface area contributed by atoms with Crippen molar-refractivity contribution in [2.75, 3.05) is 12.3 Å². The van der Waals surface area contributed by atoms with E-state index in [-0.39, 0.29) is 24.0 Å². The summed E-state index contributed by atoms with van der Waals surface area (Å²) in [6.07, 6.45) is 1.34. The van der Waals surface area contributed by atoms with Crippen LogP contribution in [0.25, 0.3) is 5.69 Å². The van der Waals surface area contributed by atoms with E-state index in [2.05, 4.69) is 16.5 Å². The van der Waals surface area contributed by atoms with Crippen LogP contribution in [0.5, 0.6) is 0 Å². The van der Waals surface area contributed by atoms with Crippen molar-refractivity contribution in [2.45, 2.75) is 19.3 Å². The van der Waals surface area contributed by atoms with Gasteiger partial charge in [-0.25, -0.2) is 9.07 Å². The number of nitrogens with one attached hydrogen (secondary N) is 1. The minimum absolute atomic E-state index is 0.0933. The predicted octanol–water partition coefficient (Wildman–Crippen LogP) is 3.41. The number of carbonyl (C=O) groups is 1. The zero-order chi connectivity index (χ0) is 20.8. The molecule has 0 saturated heterocycles. The molecule has 29 heavy (non-hydrogen) atoms. The molecule has 1 aromatic heterocycles. The van der Waals surface area contributed by atoms with Crippen molar-refractivity contribution in [1.82, 2.24) is 15.1 Å². The average Bonchev–Trinajstić information content (AvgIpc) is 3.03. The van der Waals surface area contributed by atoms with Crippen molar-refractivity contribution in [2.24, 2.45) is 0 Å². The molecule has 0 aliphatic heterocycles. The van der Waals surface area contributed by atoms with E-state index in [9.17, 15) is 14.4 Å². The molecule has 0 bridgehead atoms. The second kappa shape index (κ2) is 9.22. The van der Waals surface area contributed by atoms with Crippen molar-refractivity contribution in [3.63, 3.8) is 0 Å². The fourth-order valence-corrected chi connectivity index (χ4v) is 3.01. The van der Waals surface area contributed by atoms with Gasteiger partial charge in [-0.3, -0.25) is 4.79 Å². The fraction of sp³-hybridized carbons (Fsp3) is 0.190. The van der Waals surface area contributed by atoms with Gasteiger partial charge in [-0.2, -0.15) is 10.4 Å². The van der Waals surface area contributed by atoms with Crippen LogP contribution in [0.3, 0.4) is 0 Å². The second-order valence-corrected chi connectivity index (χ2v) is 6.90. The number of hydrogen-bond donors (Lipinski definition) is 2. The highest BCUT2D eigenvalue weighted by molar-refractivity contribution is 6.30. The molecule has 1 heterocycles. The lowest BCUT2D eigenvalue weighted by atomic mass is 10.1. The number of nitriles is 1. The molecule has 0 radical (unpaired) electrons. The molecule has 0 spiro atoms. The maximum atomic E-state index is 13.1. The van der Waals surface area contributed by atoms with Crippen molar-refractivity contribution >= 4 is 23.3 Å². The maximum Gasteiger partial charge on any atom is 0.224 e. The molecule has 0 fully saturated rings. The monoisotopic (exact) mass is 411 g/mol. The van der Waals surface area contributed by atoms with E-state index in [4.69, 9.17) is 17.3 Å². The first kappa shape index (κ1) is 20.4. The maximum absolute atomic E-state index is 13.1. The highest BCUT2D eigenvalue weighted by Gasteiger charge is 2.16. The van der Waals surface area contributed by atoms with Crippen LogP contribution in [-0.2, 0) is 17.6 Å². The van der Waals surface area contributed by atoms with Gasteiger partial charge in [0.05, 0.1) is 17.8 Å². The number of nitrogen functional groups attached to an aromatic ring is 1. The van der Waals surface area contributed by atoms with Gasteiger partial charge in [0, 0.05) is 11.6 Å². The Balaban J connectivity index is 1.57. The van der Waals surface area contributed by atoms with Gasteiger partial charge in [0.25, 0.3) is 0 Å². The molecule has 2 aromatic carbocycles. The lowest BCUT2D eigenvalue weighted by Crippen LogP contribution is -2.26. The standard InChI is InChI=1S/C21H19ClFN5O/c22-15-5-3-14(4-6-15)12-20(29)26-11-1-2-19-18(13-24)21(25)28(27-19)17-9-7-16(23)8-10-17/h3-10H,1-2,11-12,25H2,(H,26,29). The Morgan fingerprint density at radius 2 is 1.90 bits per heavy atom. The van der Waals surface area contributed by atoms with E-state index in [0.29, 0.717) is 41.4 Å². The number of amides is 1. The third-order valence-electron chi connectivity index (χ3n) is 4.37. The van der Waals surface area contributed by atoms with Crippen LogP contribution in [0.4, 0.5) is 10.2 Å². The lowest BCUT2D eigenvalue weighted by molar-refractivity contribution is -0.120. The lowest BCUT2D eigenvalue weighted by Gasteiger charge is -2.05.